The van der Waals surface area contributed by atoms with Gasteiger partial charge in [0.2, 0.25) is 0 Å². The average molecular weight is 497 g/mol. The largest absolute Gasteiger partial charge is 0.512 e. The monoisotopic (exact) mass is 496 g/mol. The normalized spacial score (nSPS) is 9.67. The zero-order valence-corrected chi connectivity index (χ0v) is 21.4. The van der Waals surface area contributed by atoms with E-state index in [1.54, 1.807) is 13.8 Å². The third-order valence-corrected chi connectivity index (χ3v) is 4.05. The van der Waals surface area contributed by atoms with Crippen molar-refractivity contribution in [3.05, 3.63) is 114 Å². The van der Waals surface area contributed by atoms with E-state index in [0.29, 0.717) is 18.6 Å². The summed E-state index contributed by atoms with van der Waals surface area (Å²) in [5.41, 5.74) is 2.79. The summed E-state index contributed by atoms with van der Waals surface area (Å²) in [5.74, 6) is -2.39. The molecule has 0 fully saturated rings. The fourth-order valence-electron chi connectivity index (χ4n) is 1.82. The molecule has 2 aromatic rings. The number of benzene rings is 2. The number of ether oxygens (including phenoxy) is 1. The fourth-order valence-corrected chi connectivity index (χ4v) is 1.82. The van der Waals surface area contributed by atoms with Crippen LogP contribution in [-0.4, -0.2) is 33.2 Å². The highest BCUT2D eigenvalue weighted by atomic mass is 16.5. The Morgan fingerprint density at radius 3 is 1.53 bits per heavy atom. The van der Waals surface area contributed by atoms with E-state index in [9.17, 15) is 14.4 Å². The highest BCUT2D eigenvalue weighted by molar-refractivity contribution is 5.87. The van der Waals surface area contributed by atoms with Crippen LogP contribution in [-0.2, 0) is 25.7 Å². The van der Waals surface area contributed by atoms with Crippen LogP contribution in [0, 0.1) is 0 Å². The topological polar surface area (TPSA) is 121 Å². The number of aliphatic hydroxyl groups excluding tert-OH is 1. The van der Waals surface area contributed by atoms with Gasteiger partial charge in [-0.1, -0.05) is 93.4 Å². The molecular weight excluding hydrogens is 460 g/mol. The summed E-state index contributed by atoms with van der Waals surface area (Å²) < 4.78 is 4.95. The highest BCUT2D eigenvalue weighted by Gasteiger charge is 2.04. The summed E-state index contributed by atoms with van der Waals surface area (Å²) in [6, 6.07) is 19.6. The molecule has 3 N–H and O–H groups in total. The van der Waals surface area contributed by atoms with Gasteiger partial charge in [0, 0.05) is 17.6 Å². The van der Waals surface area contributed by atoms with Crippen molar-refractivity contribution in [2.75, 3.05) is 0 Å². The third kappa shape index (κ3) is 18.1. The Balaban J connectivity index is 0. The number of esters is 1. The molecule has 194 valence electrons. The molecule has 0 saturated heterocycles. The number of rotatable bonds is 7. The van der Waals surface area contributed by atoms with Gasteiger partial charge in [-0.05, 0) is 31.9 Å². The van der Waals surface area contributed by atoms with Gasteiger partial charge in [0.25, 0.3) is 0 Å². The first kappa shape index (κ1) is 33.8. The predicted octanol–water partition coefficient (Wildman–Crippen LogP) is 6.60. The van der Waals surface area contributed by atoms with Crippen LogP contribution in [0.2, 0.25) is 0 Å². The maximum absolute atomic E-state index is 11.0. The lowest BCUT2D eigenvalue weighted by atomic mass is 10.2. The molecule has 0 aliphatic rings. The van der Waals surface area contributed by atoms with Crippen molar-refractivity contribution in [3.63, 3.8) is 0 Å². The first-order valence-corrected chi connectivity index (χ1v) is 10.9. The average Bonchev–Trinajstić information content (AvgIpc) is 2.88. The first-order chi connectivity index (χ1) is 16.9. The zero-order chi connectivity index (χ0) is 28.1. The van der Waals surface area contributed by atoms with E-state index in [1.807, 2.05) is 66.7 Å². The van der Waals surface area contributed by atoms with Gasteiger partial charge in [-0.15, -0.1) is 0 Å². The maximum atomic E-state index is 11.0. The van der Waals surface area contributed by atoms with E-state index in [1.165, 1.54) is 19.4 Å². The van der Waals surface area contributed by atoms with Crippen molar-refractivity contribution in [2.24, 2.45) is 0 Å². The smallest absolute Gasteiger partial charge is 0.334 e. The summed E-state index contributed by atoms with van der Waals surface area (Å²) in [4.78, 5) is 30.7. The molecule has 0 radical (unpaired) electrons. The number of carboxylic acid groups (broad SMARTS) is 2. The Morgan fingerprint density at radius 2 is 1.25 bits per heavy atom. The Morgan fingerprint density at radius 1 is 0.806 bits per heavy atom. The second-order valence-corrected chi connectivity index (χ2v) is 7.27. The van der Waals surface area contributed by atoms with Crippen LogP contribution >= 0.6 is 0 Å². The molecule has 36 heavy (non-hydrogen) atoms. The van der Waals surface area contributed by atoms with Gasteiger partial charge < -0.3 is 20.1 Å². The van der Waals surface area contributed by atoms with Crippen LogP contribution in [0.1, 0.15) is 45.2 Å². The Hall–Kier alpha value is -4.39. The van der Waals surface area contributed by atoms with Crippen molar-refractivity contribution in [3.8, 4) is 0 Å². The summed E-state index contributed by atoms with van der Waals surface area (Å²) in [5, 5.41) is 25.0. The van der Waals surface area contributed by atoms with Gasteiger partial charge in [-0.3, -0.25) is 0 Å². The summed E-state index contributed by atoms with van der Waals surface area (Å²) in [6.07, 6.45) is 2.21. The number of carboxylic acids is 2. The predicted molar refractivity (Wildman–Crippen MR) is 143 cm³/mol. The Labute approximate surface area is 213 Å². The van der Waals surface area contributed by atoms with Crippen molar-refractivity contribution in [2.45, 2.75) is 40.7 Å². The van der Waals surface area contributed by atoms with E-state index in [-0.39, 0.29) is 22.9 Å². The van der Waals surface area contributed by atoms with Crippen LogP contribution in [0.25, 0.3) is 6.08 Å². The molecule has 0 aromatic heterocycles. The van der Waals surface area contributed by atoms with E-state index in [4.69, 9.17) is 20.1 Å². The van der Waals surface area contributed by atoms with Gasteiger partial charge in [-0.25, -0.2) is 14.4 Å². The second-order valence-electron chi connectivity index (χ2n) is 7.27. The SMILES string of the molecule is C=C(C)C(=O)O.C=C(C)C(=O)OCc1ccccc1.C=Cc1ccccc1.CC/C(O)=C(/C)C(=O)O. The standard InChI is InChI=1S/C11H12O2.C8H8.C6H10O3.C4H6O2/c1-9(2)11(12)13-8-10-6-4-3-5-7-10;1-2-8-6-4-3-5-7-8;1-3-5(7)4(2)6(8)9;1-3(2)4(5)6/h3-7H,1,8H2,2H3;2-7H,1H2;7H,3H2,1-2H3,(H,8,9);1H2,2H3,(H,5,6)/b;;5-4+;. The number of aliphatic hydroxyl groups is 1. The van der Waals surface area contributed by atoms with Crippen molar-refractivity contribution < 1.29 is 34.4 Å². The van der Waals surface area contributed by atoms with Crippen molar-refractivity contribution in [1.82, 2.24) is 0 Å². The molecule has 0 aliphatic heterocycles. The maximum Gasteiger partial charge on any atom is 0.334 e. The molecule has 7 nitrogen and oxygen atoms in total. The van der Waals surface area contributed by atoms with Gasteiger partial charge in [0.05, 0.1) is 5.57 Å². The number of allylic oxidation sites excluding steroid dienone is 1. The van der Waals surface area contributed by atoms with Crippen LogP contribution in [0.5, 0.6) is 0 Å². The molecule has 0 atom stereocenters. The fraction of sp³-hybridized carbons (Fsp3) is 0.207. The zero-order valence-electron chi connectivity index (χ0n) is 21.4. The minimum atomic E-state index is -1.06. The quantitative estimate of drug-likeness (QED) is 0.224. The third-order valence-electron chi connectivity index (χ3n) is 4.05. The van der Waals surface area contributed by atoms with E-state index >= 15 is 0 Å². The first-order valence-electron chi connectivity index (χ1n) is 10.9. The molecule has 0 amide bonds. The van der Waals surface area contributed by atoms with Gasteiger partial charge in [0.1, 0.15) is 12.4 Å². The lowest BCUT2D eigenvalue weighted by molar-refractivity contribution is -0.140. The molecular formula is C29H36O7. The van der Waals surface area contributed by atoms with Crippen molar-refractivity contribution >= 4 is 24.0 Å². The molecule has 0 bridgehead atoms. The van der Waals surface area contributed by atoms with E-state index in [0.717, 1.165) is 5.56 Å². The van der Waals surface area contributed by atoms with Gasteiger partial charge in [-0.2, -0.15) is 0 Å². The summed E-state index contributed by atoms with van der Waals surface area (Å²) >= 11 is 0. The van der Waals surface area contributed by atoms with Crippen molar-refractivity contribution in [1.29, 1.82) is 0 Å². The molecule has 2 rings (SSSR count). The molecule has 2 aromatic carbocycles. The minimum Gasteiger partial charge on any atom is -0.512 e. The van der Waals surface area contributed by atoms with Crippen LogP contribution < -0.4 is 0 Å². The number of carbonyl (C=O) groups is 3. The van der Waals surface area contributed by atoms with E-state index < -0.39 is 11.9 Å². The molecule has 0 saturated carbocycles. The number of hydrogen-bond acceptors (Lipinski definition) is 5. The lowest BCUT2D eigenvalue weighted by Crippen LogP contribution is -2.04. The lowest BCUT2D eigenvalue weighted by Gasteiger charge is -2.03. The number of hydrogen-bond donors (Lipinski definition) is 3. The molecule has 0 heterocycles. The summed E-state index contributed by atoms with van der Waals surface area (Å²) in [6.45, 7) is 16.7. The molecule has 0 spiro atoms. The molecule has 0 unspecified atom stereocenters. The number of carbonyl (C=O) groups excluding carboxylic acids is 1. The number of aliphatic carboxylic acids is 2. The van der Waals surface area contributed by atoms with Crippen LogP contribution in [0.4, 0.5) is 0 Å². The van der Waals surface area contributed by atoms with E-state index in [2.05, 4.69) is 19.7 Å². The Bertz CT molecular complexity index is 1010. The molecule has 0 aliphatic carbocycles. The van der Waals surface area contributed by atoms with Crippen LogP contribution in [0.15, 0.2) is 103 Å². The minimum absolute atomic E-state index is 0.0255. The van der Waals surface area contributed by atoms with Gasteiger partial charge in [0.15, 0.2) is 0 Å². The summed E-state index contributed by atoms with van der Waals surface area (Å²) in [7, 11) is 0. The molecule has 7 heteroatoms. The van der Waals surface area contributed by atoms with Gasteiger partial charge >= 0.3 is 17.9 Å². The Kier molecular flexibility index (Phi) is 18.8. The highest BCUT2D eigenvalue weighted by Crippen LogP contribution is 2.04. The van der Waals surface area contributed by atoms with Crippen LogP contribution in [0.3, 0.4) is 0 Å². The second kappa shape index (κ2) is 20.0.